The summed E-state index contributed by atoms with van der Waals surface area (Å²) in [6.45, 7) is 9.44. The van der Waals surface area contributed by atoms with Crippen molar-refractivity contribution in [2.45, 2.75) is 123 Å². The van der Waals surface area contributed by atoms with Crippen LogP contribution in [-0.4, -0.2) is 93.9 Å². The molecule has 10 heteroatoms. The van der Waals surface area contributed by atoms with Gasteiger partial charge in [0.1, 0.15) is 0 Å². The van der Waals surface area contributed by atoms with Gasteiger partial charge in [0.25, 0.3) is 0 Å². The second kappa shape index (κ2) is 14.2. The van der Waals surface area contributed by atoms with Crippen LogP contribution in [0, 0.1) is 5.82 Å². The number of nitrogens with zero attached hydrogens (tertiary/aromatic N) is 5. The zero-order valence-corrected chi connectivity index (χ0v) is 28.9. The number of anilines is 1. The van der Waals surface area contributed by atoms with Gasteiger partial charge in [-0.25, -0.2) is 0 Å². The van der Waals surface area contributed by atoms with Crippen LogP contribution in [0.5, 0.6) is 6.01 Å². The van der Waals surface area contributed by atoms with E-state index >= 15 is 4.39 Å². The third kappa shape index (κ3) is 6.67. The molecule has 0 radical (unpaired) electrons. The molecule has 7 nitrogen and oxygen atoms in total. The van der Waals surface area contributed by atoms with Gasteiger partial charge in [0, 0.05) is 0 Å². The molecule has 2 aromatic heterocycles. The van der Waals surface area contributed by atoms with Crippen molar-refractivity contribution in [1.29, 1.82) is 0 Å². The van der Waals surface area contributed by atoms with Crippen molar-refractivity contribution in [2.75, 3.05) is 37.7 Å². The number of aliphatic hydroxyl groups excluding tert-OH is 1. The summed E-state index contributed by atoms with van der Waals surface area (Å²) in [6.07, 6.45) is 11.1. The first-order chi connectivity index (χ1) is 20.3. The summed E-state index contributed by atoms with van der Waals surface area (Å²) in [6, 6.07) is 0.147. The number of aliphatic hydroxyl groups is 1. The topological polar surface area (TPSA) is 74.6 Å². The molecule has 0 spiro atoms. The predicted molar refractivity (Wildman–Crippen MR) is 168 cm³/mol. The quantitative estimate of drug-likeness (QED) is 0.239. The molecule has 0 saturated carbocycles. The summed E-state index contributed by atoms with van der Waals surface area (Å²) < 4.78 is 41.8. The summed E-state index contributed by atoms with van der Waals surface area (Å²) in [5, 5.41) is 11.1. The fourth-order valence-electron chi connectivity index (χ4n) is 7.77. The van der Waals surface area contributed by atoms with Gasteiger partial charge in [-0.15, -0.1) is 0 Å². The van der Waals surface area contributed by atoms with Crippen molar-refractivity contribution < 1.29 is 18.6 Å². The molecule has 3 atom stereocenters. The van der Waals surface area contributed by atoms with Gasteiger partial charge in [-0.05, 0) is 0 Å². The Kier molecular flexibility index (Phi) is 10.8. The van der Waals surface area contributed by atoms with Crippen LogP contribution in [0.1, 0.15) is 91.4 Å². The first-order valence-corrected chi connectivity index (χ1v) is 24.1. The van der Waals surface area contributed by atoms with Crippen molar-refractivity contribution in [3.05, 3.63) is 12.0 Å². The van der Waals surface area contributed by atoms with Gasteiger partial charge < -0.3 is 0 Å². The minimum absolute atomic E-state index is 0.147. The van der Waals surface area contributed by atoms with E-state index in [1.807, 2.05) is 11.1 Å². The third-order valence-corrected chi connectivity index (χ3v) is 25.2. The fraction of sp³-hybridized carbons (Fsp3) is 0.781. The van der Waals surface area contributed by atoms with Gasteiger partial charge in [-0.2, -0.15) is 0 Å². The van der Waals surface area contributed by atoms with Crippen LogP contribution in [0.25, 0.3) is 10.9 Å². The monoisotopic (exact) mass is 695 g/mol. The number of unbranched alkanes of at least 4 members (excludes halogenated alkanes) is 3. The van der Waals surface area contributed by atoms with Gasteiger partial charge in [0.2, 0.25) is 0 Å². The first-order valence-electron chi connectivity index (χ1n) is 16.7. The van der Waals surface area contributed by atoms with Crippen molar-refractivity contribution in [3.8, 4) is 6.01 Å². The minimum atomic E-state index is -3.21. The van der Waals surface area contributed by atoms with Gasteiger partial charge in [-0.1, -0.05) is 0 Å². The number of aromatic nitrogens is 3. The molecule has 0 bridgehead atoms. The van der Waals surface area contributed by atoms with Crippen molar-refractivity contribution in [3.63, 3.8) is 0 Å². The molecule has 0 aromatic carbocycles. The molecule has 0 aliphatic carbocycles. The summed E-state index contributed by atoms with van der Waals surface area (Å²) >= 11 is -3.21. The zero-order chi connectivity index (χ0) is 29.7. The van der Waals surface area contributed by atoms with E-state index in [2.05, 4.69) is 25.7 Å². The van der Waals surface area contributed by atoms with E-state index in [9.17, 15) is 9.50 Å². The Morgan fingerprint density at radius 2 is 1.74 bits per heavy atom. The average molecular weight is 694 g/mol. The Morgan fingerprint density at radius 1 is 1.02 bits per heavy atom. The number of hydrogen-bond acceptors (Lipinski definition) is 7. The molecule has 3 aliphatic heterocycles. The van der Waals surface area contributed by atoms with E-state index in [1.54, 1.807) is 0 Å². The number of rotatable bonds is 14. The second-order valence-corrected chi connectivity index (χ2v) is 26.2. The summed E-state index contributed by atoms with van der Waals surface area (Å²) in [5.74, 6) is 0.307. The van der Waals surface area contributed by atoms with Crippen LogP contribution >= 0.6 is 0 Å². The Hall–Kier alpha value is -1.33. The molecule has 5 rings (SSSR count). The molecule has 42 heavy (non-hydrogen) atoms. The molecule has 5 heterocycles. The molecule has 3 aliphatic rings. The van der Waals surface area contributed by atoms with Gasteiger partial charge in [-0.3, -0.25) is 0 Å². The number of fused-ring (bicyclic) bond motifs is 2. The molecule has 3 saturated heterocycles. The van der Waals surface area contributed by atoms with Gasteiger partial charge in [0.15, 0.2) is 0 Å². The molecular weight excluding hydrogens is 643 g/mol. The number of hydrogen-bond donors (Lipinski definition) is 1. The molecule has 0 unspecified atom stereocenters. The summed E-state index contributed by atoms with van der Waals surface area (Å²) in [4.78, 5) is 18.8. The normalized spacial score (nSPS) is 25.0. The third-order valence-electron chi connectivity index (χ3n) is 10.1. The second-order valence-electron chi connectivity index (χ2n) is 13.2. The van der Waals surface area contributed by atoms with Crippen LogP contribution in [0.4, 0.5) is 14.6 Å². The van der Waals surface area contributed by atoms with E-state index in [0.29, 0.717) is 42.8 Å². The maximum absolute atomic E-state index is 17.0. The molecule has 234 valence electrons. The van der Waals surface area contributed by atoms with Crippen LogP contribution < -0.4 is 13.3 Å². The SMILES string of the molecule is CCC[CH2][Sn]([CH2]CCC)([CH2]CCC)[c]1ncc2c(N3CCC[C@@H](O)C3)nc(OC[C@@]34CCCN3C[C@H](F)C4)nc2c1F. The van der Waals surface area contributed by atoms with Crippen LogP contribution in [0.3, 0.4) is 0 Å². The molecule has 3 fully saturated rings. The Labute approximate surface area is 254 Å². The first kappa shape index (κ1) is 32.1. The van der Waals surface area contributed by atoms with Crippen LogP contribution in [0.2, 0.25) is 13.3 Å². The molecule has 0 amide bonds. The van der Waals surface area contributed by atoms with E-state index < -0.39 is 30.7 Å². The number of pyridine rings is 1. The average Bonchev–Trinajstić information content (AvgIpc) is 3.52. The van der Waals surface area contributed by atoms with E-state index in [0.717, 1.165) is 94.3 Å². The van der Waals surface area contributed by atoms with Crippen LogP contribution in [0.15, 0.2) is 6.20 Å². The fourth-order valence-corrected chi connectivity index (χ4v) is 23.4. The maximum atomic E-state index is 17.0. The number of β-amino-alcohol motifs (C(OH)–C–C–N with tert-alkyl or cyclic N) is 1. The summed E-state index contributed by atoms with van der Waals surface area (Å²) in [7, 11) is 0. The number of halogens is 2. The van der Waals surface area contributed by atoms with Crippen LogP contribution in [-0.2, 0) is 0 Å². The Morgan fingerprint density at radius 3 is 2.40 bits per heavy atom. The molecular formula is C32H51F2N5O2Sn. The summed E-state index contributed by atoms with van der Waals surface area (Å²) in [5.41, 5.74) is -0.0473. The predicted octanol–water partition coefficient (Wildman–Crippen LogP) is 6.14. The van der Waals surface area contributed by atoms with Crippen molar-refractivity contribution in [1.82, 2.24) is 19.9 Å². The molecule has 1 N–H and O–H groups in total. The number of ether oxygens (including phenoxy) is 1. The number of alkyl halides is 1. The zero-order valence-electron chi connectivity index (χ0n) is 26.0. The van der Waals surface area contributed by atoms with Gasteiger partial charge >= 0.3 is 256 Å². The standard InChI is InChI=1S/C20H24F2N5O2.3C4H9.Sn/c21-13-7-20(4-2-6-27(20)10-13)12-29-19-24-17-15(8-23-9-16(17)22)18(25-19)26-5-1-3-14(28)11-26;3*1-3-4-2;/h8,13-14,28H,1-7,10-12H2;3*1,3-4H2,2H3;/t13-,14-,20+;;;;/m1..../s1. The number of piperidine rings is 1. The van der Waals surface area contributed by atoms with Crippen molar-refractivity contribution >= 4 is 38.8 Å². The van der Waals surface area contributed by atoms with Gasteiger partial charge in [0.05, 0.1) is 0 Å². The van der Waals surface area contributed by atoms with E-state index in [-0.39, 0.29) is 17.4 Å². The van der Waals surface area contributed by atoms with Crippen molar-refractivity contribution in [2.24, 2.45) is 0 Å². The Bertz CT molecular complexity index is 1180. The Balaban J connectivity index is 1.58. The van der Waals surface area contributed by atoms with E-state index in [1.165, 1.54) is 0 Å². The van der Waals surface area contributed by atoms with E-state index in [4.69, 9.17) is 19.7 Å². The molecule has 2 aromatic rings.